The number of carboxylic acids is 1. The van der Waals surface area contributed by atoms with Crippen molar-refractivity contribution in [2.24, 2.45) is 0 Å². The van der Waals surface area contributed by atoms with Crippen LogP contribution < -0.4 is 16.0 Å². The minimum Gasteiger partial charge on any atom is -0.478 e. The topological polar surface area (TPSA) is 108 Å². The molecule has 0 aliphatic carbocycles. The summed E-state index contributed by atoms with van der Waals surface area (Å²) in [6, 6.07) is 2.55. The third-order valence-corrected chi connectivity index (χ3v) is 2.88. The van der Waals surface area contributed by atoms with E-state index in [-0.39, 0.29) is 22.2 Å². The number of halogens is 1. The van der Waals surface area contributed by atoms with Gasteiger partial charge in [-0.1, -0.05) is 11.6 Å². The first-order chi connectivity index (χ1) is 9.85. The number of carbonyl (C=O) groups is 3. The van der Waals surface area contributed by atoms with Crippen LogP contribution in [0.5, 0.6) is 0 Å². The van der Waals surface area contributed by atoms with E-state index in [2.05, 4.69) is 16.0 Å². The first kappa shape index (κ1) is 16.8. The number of carbonyl (C=O) groups excluding carboxylic acids is 2. The second-order valence-corrected chi connectivity index (χ2v) is 4.62. The molecule has 0 spiro atoms. The molecule has 0 fully saturated rings. The lowest BCUT2D eigenvalue weighted by Crippen LogP contribution is -2.46. The van der Waals surface area contributed by atoms with E-state index in [0.717, 1.165) is 0 Å². The van der Waals surface area contributed by atoms with Crippen LogP contribution in [-0.4, -0.2) is 35.6 Å². The summed E-state index contributed by atoms with van der Waals surface area (Å²) in [6.07, 6.45) is 0. The van der Waals surface area contributed by atoms with E-state index in [1.807, 2.05) is 0 Å². The zero-order chi connectivity index (χ0) is 16.0. The van der Waals surface area contributed by atoms with Crippen molar-refractivity contribution < 1.29 is 19.5 Å². The molecule has 1 rings (SSSR count). The van der Waals surface area contributed by atoms with E-state index in [1.165, 1.54) is 25.1 Å². The van der Waals surface area contributed by atoms with Crippen molar-refractivity contribution in [3.63, 3.8) is 0 Å². The maximum Gasteiger partial charge on any atom is 0.335 e. The second-order valence-electron chi connectivity index (χ2n) is 4.21. The lowest BCUT2D eigenvalue weighted by Gasteiger charge is -2.14. The van der Waals surface area contributed by atoms with Gasteiger partial charge in [-0.25, -0.2) is 9.59 Å². The number of benzene rings is 1. The molecular formula is C13H16ClN3O4. The van der Waals surface area contributed by atoms with Crippen molar-refractivity contribution in [2.45, 2.75) is 19.9 Å². The highest BCUT2D eigenvalue weighted by Gasteiger charge is 2.16. The summed E-state index contributed by atoms with van der Waals surface area (Å²) in [5.74, 6) is -1.45. The van der Waals surface area contributed by atoms with Crippen LogP contribution in [0.3, 0.4) is 0 Å². The molecule has 1 aromatic carbocycles. The summed E-state index contributed by atoms with van der Waals surface area (Å²) in [5, 5.41) is 16.5. The van der Waals surface area contributed by atoms with Crippen LogP contribution in [0.4, 0.5) is 10.5 Å². The van der Waals surface area contributed by atoms with Crippen molar-refractivity contribution in [1.29, 1.82) is 0 Å². The van der Waals surface area contributed by atoms with Gasteiger partial charge in [-0.05, 0) is 32.0 Å². The van der Waals surface area contributed by atoms with Gasteiger partial charge >= 0.3 is 12.0 Å². The molecule has 0 radical (unpaired) electrons. The summed E-state index contributed by atoms with van der Waals surface area (Å²) in [7, 11) is 0. The fourth-order valence-corrected chi connectivity index (χ4v) is 1.67. The summed E-state index contributed by atoms with van der Waals surface area (Å²) >= 11 is 5.88. The first-order valence-corrected chi connectivity index (χ1v) is 6.61. The zero-order valence-corrected chi connectivity index (χ0v) is 12.3. The van der Waals surface area contributed by atoms with Crippen molar-refractivity contribution in [2.75, 3.05) is 11.9 Å². The normalized spacial score (nSPS) is 11.4. The Morgan fingerprint density at radius 3 is 2.57 bits per heavy atom. The molecule has 1 aromatic rings. The van der Waals surface area contributed by atoms with Crippen molar-refractivity contribution in [3.8, 4) is 0 Å². The summed E-state index contributed by atoms with van der Waals surface area (Å²) in [5.41, 5.74) is 0.142. The van der Waals surface area contributed by atoms with Gasteiger partial charge < -0.3 is 21.1 Å². The van der Waals surface area contributed by atoms with Crippen molar-refractivity contribution >= 4 is 35.2 Å². The van der Waals surface area contributed by atoms with Gasteiger partial charge in [-0.3, -0.25) is 4.79 Å². The van der Waals surface area contributed by atoms with E-state index < -0.39 is 18.0 Å². The molecule has 3 amide bonds. The van der Waals surface area contributed by atoms with Crippen LogP contribution in [-0.2, 0) is 4.79 Å². The summed E-state index contributed by atoms with van der Waals surface area (Å²) in [6.45, 7) is 3.75. The van der Waals surface area contributed by atoms with Crippen LogP contribution in [0.25, 0.3) is 0 Å². The van der Waals surface area contributed by atoms with Crippen LogP contribution in [0, 0.1) is 0 Å². The number of nitrogens with one attached hydrogen (secondary N) is 3. The van der Waals surface area contributed by atoms with Gasteiger partial charge in [0.1, 0.15) is 6.04 Å². The molecule has 0 heterocycles. The molecule has 1 atom stereocenters. The molecule has 0 aromatic heterocycles. The van der Waals surface area contributed by atoms with Crippen LogP contribution in [0.1, 0.15) is 24.2 Å². The highest BCUT2D eigenvalue weighted by molar-refractivity contribution is 6.33. The molecule has 7 nitrogen and oxygen atoms in total. The average Bonchev–Trinajstić information content (AvgIpc) is 2.41. The van der Waals surface area contributed by atoms with E-state index in [9.17, 15) is 14.4 Å². The Balaban J connectivity index is 2.72. The van der Waals surface area contributed by atoms with E-state index in [4.69, 9.17) is 16.7 Å². The first-order valence-electron chi connectivity index (χ1n) is 6.23. The Hall–Kier alpha value is -2.28. The number of likely N-dealkylation sites (N-methyl/N-ethyl adjacent to an activating group) is 1. The average molecular weight is 314 g/mol. The molecule has 0 bridgehead atoms. The molecule has 0 aliphatic heterocycles. The maximum atomic E-state index is 11.8. The van der Waals surface area contributed by atoms with Gasteiger partial charge in [0, 0.05) is 6.54 Å². The minimum atomic E-state index is -1.13. The number of anilines is 1. The molecular weight excluding hydrogens is 298 g/mol. The van der Waals surface area contributed by atoms with Gasteiger partial charge in [0.25, 0.3) is 0 Å². The van der Waals surface area contributed by atoms with E-state index in [0.29, 0.717) is 6.54 Å². The standard InChI is InChI=1S/C13H16ClN3O4/c1-3-15-11(18)7(2)16-13(21)17-10-6-8(12(19)20)4-5-9(10)14/h4-7H,3H2,1-2H3,(H,15,18)(H,19,20)(H2,16,17,21). The van der Waals surface area contributed by atoms with E-state index >= 15 is 0 Å². The predicted molar refractivity (Wildman–Crippen MR) is 78.7 cm³/mol. The number of amides is 3. The summed E-state index contributed by atoms with van der Waals surface area (Å²) in [4.78, 5) is 34.1. The Labute approximate surface area is 126 Å². The maximum absolute atomic E-state index is 11.8. The quantitative estimate of drug-likeness (QED) is 0.663. The highest BCUT2D eigenvalue weighted by atomic mass is 35.5. The van der Waals surface area contributed by atoms with Crippen LogP contribution in [0.2, 0.25) is 5.02 Å². The number of urea groups is 1. The number of aromatic carboxylic acids is 1. The second kappa shape index (κ2) is 7.49. The molecule has 0 aliphatic rings. The third kappa shape index (κ3) is 4.96. The molecule has 0 saturated carbocycles. The van der Waals surface area contributed by atoms with Gasteiger partial charge in [0.05, 0.1) is 16.3 Å². The lowest BCUT2D eigenvalue weighted by molar-refractivity contribution is -0.122. The third-order valence-electron chi connectivity index (χ3n) is 2.55. The minimum absolute atomic E-state index is 0.00789. The highest BCUT2D eigenvalue weighted by Crippen LogP contribution is 2.23. The largest absolute Gasteiger partial charge is 0.478 e. The number of carboxylic acid groups (broad SMARTS) is 1. The zero-order valence-electron chi connectivity index (χ0n) is 11.6. The van der Waals surface area contributed by atoms with E-state index in [1.54, 1.807) is 6.92 Å². The molecule has 0 saturated heterocycles. The fourth-order valence-electron chi connectivity index (χ4n) is 1.50. The SMILES string of the molecule is CCNC(=O)C(C)NC(=O)Nc1cc(C(=O)O)ccc1Cl. The molecule has 114 valence electrons. The van der Waals surface area contributed by atoms with Gasteiger partial charge in [-0.2, -0.15) is 0 Å². The van der Waals surface area contributed by atoms with Crippen LogP contribution in [0.15, 0.2) is 18.2 Å². The number of hydrogen-bond donors (Lipinski definition) is 4. The molecule has 1 unspecified atom stereocenters. The summed E-state index contributed by atoms with van der Waals surface area (Å²) < 4.78 is 0. The Kier molecular flexibility index (Phi) is 5.98. The predicted octanol–water partition coefficient (Wildman–Crippen LogP) is 1.68. The van der Waals surface area contributed by atoms with Crippen LogP contribution >= 0.6 is 11.6 Å². The molecule has 8 heteroatoms. The Bertz CT molecular complexity index is 562. The van der Waals surface area contributed by atoms with Crippen molar-refractivity contribution in [3.05, 3.63) is 28.8 Å². The van der Waals surface area contributed by atoms with Gasteiger partial charge in [0.2, 0.25) is 5.91 Å². The number of rotatable bonds is 5. The molecule has 21 heavy (non-hydrogen) atoms. The lowest BCUT2D eigenvalue weighted by atomic mass is 10.2. The Morgan fingerprint density at radius 2 is 2.00 bits per heavy atom. The van der Waals surface area contributed by atoms with Crippen molar-refractivity contribution in [1.82, 2.24) is 10.6 Å². The number of hydrogen-bond acceptors (Lipinski definition) is 3. The monoisotopic (exact) mass is 313 g/mol. The Morgan fingerprint density at radius 1 is 1.33 bits per heavy atom. The van der Waals surface area contributed by atoms with Gasteiger partial charge in [-0.15, -0.1) is 0 Å². The fraction of sp³-hybridized carbons (Fsp3) is 0.308. The smallest absolute Gasteiger partial charge is 0.335 e. The van der Waals surface area contributed by atoms with Gasteiger partial charge in [0.15, 0.2) is 0 Å². The molecule has 4 N–H and O–H groups in total.